The molecular weight excluding hydrogens is 230 g/mol. The summed E-state index contributed by atoms with van der Waals surface area (Å²) < 4.78 is 0.943. The van der Waals surface area contributed by atoms with Crippen molar-refractivity contribution in [3.8, 4) is 0 Å². The molecule has 1 aromatic heterocycles. The second-order valence-corrected chi connectivity index (χ2v) is 4.58. The molecule has 0 N–H and O–H groups in total. The molecule has 1 aromatic rings. The van der Waals surface area contributed by atoms with Gasteiger partial charge in [-0.15, -0.1) is 0 Å². The normalized spacial score (nSPS) is 12.6. The minimum absolute atomic E-state index is 0.137. The van der Waals surface area contributed by atoms with Crippen LogP contribution in [0.5, 0.6) is 0 Å². The Morgan fingerprint density at radius 2 is 2.38 bits per heavy atom. The van der Waals surface area contributed by atoms with Crippen LogP contribution in [0.4, 0.5) is 0 Å². The fourth-order valence-electron chi connectivity index (χ4n) is 0.661. The second-order valence-electron chi connectivity index (χ2n) is 3.67. The van der Waals surface area contributed by atoms with Crippen molar-refractivity contribution >= 4 is 22.1 Å². The molecule has 0 amide bonds. The Bertz CT molecular complexity index is 302. The lowest BCUT2D eigenvalue weighted by Gasteiger charge is -2.14. The van der Waals surface area contributed by atoms with Crippen LogP contribution >= 0.6 is 15.9 Å². The Morgan fingerprint density at radius 1 is 1.69 bits per heavy atom. The van der Waals surface area contributed by atoms with Gasteiger partial charge in [-0.3, -0.25) is 0 Å². The molecule has 0 aliphatic carbocycles. The number of hydrogen-bond acceptors (Lipinski definition) is 2. The van der Waals surface area contributed by atoms with E-state index >= 15 is 0 Å². The monoisotopic (exact) mass is 243 g/mol. The first-order valence-corrected chi connectivity index (χ1v) is 5.08. The molecule has 72 valence electrons. The summed E-state index contributed by atoms with van der Waals surface area (Å²) in [6.45, 7) is 6.44. The average Bonchev–Trinajstić information content (AvgIpc) is 2.48. The summed E-state index contributed by atoms with van der Waals surface area (Å²) in [5.74, 6) is 0. The third-order valence-corrected chi connectivity index (χ3v) is 2.38. The van der Waals surface area contributed by atoms with Crippen LogP contribution in [0.3, 0.4) is 0 Å². The summed E-state index contributed by atoms with van der Waals surface area (Å²) in [5.41, 5.74) is 0.137. The van der Waals surface area contributed by atoms with Gasteiger partial charge < -0.3 is 0 Å². The van der Waals surface area contributed by atoms with E-state index in [-0.39, 0.29) is 5.41 Å². The topological polar surface area (TPSA) is 30.2 Å². The van der Waals surface area contributed by atoms with E-state index < -0.39 is 0 Å². The maximum Gasteiger partial charge on any atom is 0.0654 e. The van der Waals surface area contributed by atoms with E-state index in [0.717, 1.165) is 10.9 Å². The molecule has 13 heavy (non-hydrogen) atoms. The van der Waals surface area contributed by atoms with Crippen LogP contribution in [-0.2, 0) is 0 Å². The highest BCUT2D eigenvalue weighted by atomic mass is 79.9. The summed E-state index contributed by atoms with van der Waals surface area (Å²) in [6.07, 6.45) is 6.53. The van der Waals surface area contributed by atoms with Gasteiger partial charge in [-0.1, -0.05) is 20.8 Å². The van der Waals surface area contributed by atoms with Gasteiger partial charge in [-0.2, -0.15) is 15.0 Å². The fourth-order valence-corrected chi connectivity index (χ4v) is 0.936. The van der Waals surface area contributed by atoms with E-state index in [2.05, 4.69) is 46.9 Å². The molecule has 0 aliphatic rings. The van der Waals surface area contributed by atoms with Gasteiger partial charge in [0.25, 0.3) is 0 Å². The predicted octanol–water partition coefficient (Wildman–Crippen LogP) is 2.92. The summed E-state index contributed by atoms with van der Waals surface area (Å²) in [4.78, 5) is 1.56. The highest BCUT2D eigenvalue weighted by Gasteiger charge is 2.10. The lowest BCUT2D eigenvalue weighted by molar-refractivity contribution is 0.509. The maximum absolute atomic E-state index is 4.22. The summed E-state index contributed by atoms with van der Waals surface area (Å²) in [7, 11) is 0. The molecule has 4 heteroatoms. The van der Waals surface area contributed by atoms with Crippen LogP contribution in [0.1, 0.15) is 27.2 Å². The van der Waals surface area contributed by atoms with E-state index in [9.17, 15) is 0 Å². The second kappa shape index (κ2) is 4.05. The molecule has 0 aromatic carbocycles. The zero-order valence-electron chi connectivity index (χ0n) is 8.16. The van der Waals surface area contributed by atoms with Crippen LogP contribution in [0.25, 0.3) is 0 Å². The number of hydrogen-bond donors (Lipinski definition) is 0. The maximum atomic E-state index is 4.22. The molecule has 0 atom stereocenters. The van der Waals surface area contributed by atoms with Gasteiger partial charge in [0, 0.05) is 11.6 Å². The SMILES string of the molecule is CCC(C)(C)/C=N/n1cc(Br)cn1. The van der Waals surface area contributed by atoms with Gasteiger partial charge in [0.15, 0.2) is 0 Å². The van der Waals surface area contributed by atoms with Gasteiger partial charge in [0.05, 0.1) is 16.9 Å². The van der Waals surface area contributed by atoms with Crippen LogP contribution in [0.15, 0.2) is 22.0 Å². The molecule has 0 unspecified atom stereocenters. The van der Waals surface area contributed by atoms with Crippen molar-refractivity contribution in [3.63, 3.8) is 0 Å². The number of rotatable bonds is 3. The zero-order chi connectivity index (χ0) is 9.90. The van der Waals surface area contributed by atoms with Crippen LogP contribution < -0.4 is 0 Å². The van der Waals surface area contributed by atoms with Crippen molar-refractivity contribution in [1.82, 2.24) is 9.89 Å². The Morgan fingerprint density at radius 3 is 2.85 bits per heavy atom. The molecule has 3 nitrogen and oxygen atoms in total. The average molecular weight is 244 g/mol. The number of nitrogens with zero attached hydrogens (tertiary/aromatic N) is 3. The molecule has 0 fully saturated rings. The quantitative estimate of drug-likeness (QED) is 0.752. The molecular formula is C9H14BrN3. The molecule has 1 heterocycles. The predicted molar refractivity (Wildman–Crippen MR) is 57.9 cm³/mol. The molecule has 0 aliphatic heterocycles. The first kappa shape index (κ1) is 10.4. The van der Waals surface area contributed by atoms with Crippen molar-refractivity contribution < 1.29 is 0 Å². The number of halogens is 1. The standard InChI is InChI=1S/C9H14BrN3/c1-4-9(2,3)7-12-13-6-8(10)5-11-13/h5-7H,4H2,1-3H3/b12-7+. The van der Waals surface area contributed by atoms with Gasteiger partial charge in [-0.05, 0) is 22.4 Å². The third kappa shape index (κ3) is 3.30. The third-order valence-electron chi connectivity index (χ3n) is 1.97. The Kier molecular flexibility index (Phi) is 3.25. The van der Waals surface area contributed by atoms with Gasteiger partial charge >= 0.3 is 0 Å². The van der Waals surface area contributed by atoms with Crippen LogP contribution in [0, 0.1) is 5.41 Å². The smallest absolute Gasteiger partial charge is 0.0654 e. The van der Waals surface area contributed by atoms with Crippen LogP contribution in [-0.4, -0.2) is 16.1 Å². The largest absolute Gasteiger partial charge is 0.163 e. The van der Waals surface area contributed by atoms with Gasteiger partial charge in [-0.25, -0.2) is 0 Å². The summed E-state index contributed by atoms with van der Waals surface area (Å²) in [5, 5.41) is 8.25. The fraction of sp³-hybridized carbons (Fsp3) is 0.556. The Labute approximate surface area is 87.0 Å². The minimum Gasteiger partial charge on any atom is -0.163 e. The first-order valence-electron chi connectivity index (χ1n) is 4.29. The van der Waals surface area contributed by atoms with Crippen molar-refractivity contribution in [3.05, 3.63) is 16.9 Å². The minimum atomic E-state index is 0.137. The Hall–Kier alpha value is -0.640. The van der Waals surface area contributed by atoms with E-state index in [1.807, 2.05) is 12.4 Å². The van der Waals surface area contributed by atoms with Gasteiger partial charge in [0.2, 0.25) is 0 Å². The molecule has 0 saturated carbocycles. The first-order chi connectivity index (χ1) is 6.03. The molecule has 1 rings (SSSR count). The molecule has 0 radical (unpaired) electrons. The van der Waals surface area contributed by atoms with Crippen molar-refractivity contribution in [2.24, 2.45) is 10.5 Å². The highest BCUT2D eigenvalue weighted by molar-refractivity contribution is 9.10. The van der Waals surface area contributed by atoms with Crippen LogP contribution in [0.2, 0.25) is 0 Å². The summed E-state index contributed by atoms with van der Waals surface area (Å²) in [6, 6.07) is 0. The lowest BCUT2D eigenvalue weighted by Crippen LogP contribution is -2.12. The Balaban J connectivity index is 2.68. The van der Waals surface area contributed by atoms with E-state index in [1.54, 1.807) is 11.0 Å². The van der Waals surface area contributed by atoms with E-state index in [0.29, 0.717) is 0 Å². The van der Waals surface area contributed by atoms with E-state index in [1.165, 1.54) is 0 Å². The molecule has 0 spiro atoms. The lowest BCUT2D eigenvalue weighted by atomic mass is 9.92. The van der Waals surface area contributed by atoms with Crippen molar-refractivity contribution in [2.45, 2.75) is 27.2 Å². The molecule has 0 saturated heterocycles. The number of aromatic nitrogens is 2. The van der Waals surface area contributed by atoms with Crippen molar-refractivity contribution in [1.29, 1.82) is 0 Å². The molecule has 0 bridgehead atoms. The zero-order valence-corrected chi connectivity index (χ0v) is 9.74. The van der Waals surface area contributed by atoms with Crippen molar-refractivity contribution in [2.75, 3.05) is 0 Å². The summed E-state index contributed by atoms with van der Waals surface area (Å²) >= 11 is 3.31. The van der Waals surface area contributed by atoms with Gasteiger partial charge in [0.1, 0.15) is 0 Å². The highest BCUT2D eigenvalue weighted by Crippen LogP contribution is 2.16. The van der Waals surface area contributed by atoms with E-state index in [4.69, 9.17) is 0 Å².